The molecule has 1 fully saturated rings. The molecular formula is C19H15BrN2O3S. The maximum atomic E-state index is 12.8. The Hall–Kier alpha value is -2.38. The van der Waals surface area contributed by atoms with Gasteiger partial charge in [-0.1, -0.05) is 28.1 Å². The standard InChI is InChI=1S/C19H15BrN2O3S/c1-11-9-13(5-8-16(11)20)22-18(24)15(17(23)21-19(22)25)10-12-3-6-14(26-2)7-4-12/h3-10H,1-2H3,(H,21,23,25)/b15-10-. The minimum Gasteiger partial charge on any atom is -0.273 e. The van der Waals surface area contributed by atoms with Crippen LogP contribution >= 0.6 is 27.7 Å². The Morgan fingerprint density at radius 1 is 1.08 bits per heavy atom. The van der Waals surface area contributed by atoms with E-state index in [0.717, 1.165) is 19.8 Å². The van der Waals surface area contributed by atoms with E-state index < -0.39 is 17.8 Å². The van der Waals surface area contributed by atoms with Gasteiger partial charge >= 0.3 is 6.03 Å². The van der Waals surface area contributed by atoms with E-state index in [1.54, 1.807) is 30.0 Å². The van der Waals surface area contributed by atoms with Crippen LogP contribution in [-0.4, -0.2) is 24.1 Å². The summed E-state index contributed by atoms with van der Waals surface area (Å²) in [6, 6.07) is 11.8. The number of imide groups is 2. The van der Waals surface area contributed by atoms with Crippen LogP contribution in [0.4, 0.5) is 10.5 Å². The van der Waals surface area contributed by atoms with Crippen LogP contribution in [0.25, 0.3) is 6.08 Å². The number of barbiturate groups is 1. The molecule has 1 heterocycles. The van der Waals surface area contributed by atoms with Gasteiger partial charge in [-0.05, 0) is 60.7 Å². The monoisotopic (exact) mass is 430 g/mol. The first-order valence-electron chi connectivity index (χ1n) is 7.72. The molecule has 2 aromatic rings. The number of halogens is 1. The summed E-state index contributed by atoms with van der Waals surface area (Å²) in [6.07, 6.45) is 3.46. The fourth-order valence-corrected chi connectivity index (χ4v) is 3.18. The molecule has 0 spiro atoms. The Labute approximate surface area is 163 Å². The van der Waals surface area contributed by atoms with Gasteiger partial charge in [0.15, 0.2) is 0 Å². The fourth-order valence-electron chi connectivity index (χ4n) is 2.53. The number of nitrogens with one attached hydrogen (secondary N) is 1. The van der Waals surface area contributed by atoms with Crippen LogP contribution in [0.1, 0.15) is 11.1 Å². The van der Waals surface area contributed by atoms with Crippen LogP contribution in [0.5, 0.6) is 0 Å². The second kappa shape index (κ2) is 7.47. The largest absolute Gasteiger partial charge is 0.335 e. The van der Waals surface area contributed by atoms with Gasteiger partial charge in [0.25, 0.3) is 11.8 Å². The predicted molar refractivity (Wildman–Crippen MR) is 106 cm³/mol. The number of thioether (sulfide) groups is 1. The quantitative estimate of drug-likeness (QED) is 0.451. The van der Waals surface area contributed by atoms with E-state index in [9.17, 15) is 14.4 Å². The van der Waals surface area contributed by atoms with E-state index >= 15 is 0 Å². The summed E-state index contributed by atoms with van der Waals surface area (Å²) in [4.78, 5) is 39.3. The molecule has 0 radical (unpaired) electrons. The van der Waals surface area contributed by atoms with Crippen molar-refractivity contribution in [2.24, 2.45) is 0 Å². The van der Waals surface area contributed by atoms with Gasteiger partial charge in [0, 0.05) is 9.37 Å². The van der Waals surface area contributed by atoms with E-state index in [4.69, 9.17) is 0 Å². The molecule has 132 valence electrons. The number of urea groups is 1. The van der Waals surface area contributed by atoms with E-state index in [0.29, 0.717) is 11.3 Å². The van der Waals surface area contributed by atoms with Crippen molar-refractivity contribution in [3.05, 3.63) is 63.6 Å². The summed E-state index contributed by atoms with van der Waals surface area (Å²) in [5.41, 5.74) is 1.91. The molecule has 4 amide bonds. The molecule has 0 saturated carbocycles. The molecule has 1 aliphatic heterocycles. The van der Waals surface area contributed by atoms with Crippen LogP contribution in [0.15, 0.2) is 57.4 Å². The Morgan fingerprint density at radius 2 is 1.77 bits per heavy atom. The number of anilines is 1. The summed E-state index contributed by atoms with van der Waals surface area (Å²) in [5, 5.41) is 2.23. The number of carbonyl (C=O) groups excluding carboxylic acids is 3. The van der Waals surface area contributed by atoms with Crippen molar-refractivity contribution in [1.29, 1.82) is 0 Å². The molecule has 1 aliphatic rings. The molecule has 5 nitrogen and oxygen atoms in total. The van der Waals surface area contributed by atoms with Crippen molar-refractivity contribution in [3.8, 4) is 0 Å². The average molecular weight is 431 g/mol. The van der Waals surface area contributed by atoms with Gasteiger partial charge in [0.05, 0.1) is 5.69 Å². The van der Waals surface area contributed by atoms with Crippen molar-refractivity contribution >= 4 is 57.3 Å². The zero-order valence-corrected chi connectivity index (χ0v) is 16.5. The Kier molecular flexibility index (Phi) is 5.29. The van der Waals surface area contributed by atoms with Crippen LogP contribution in [0.3, 0.4) is 0 Å². The van der Waals surface area contributed by atoms with Gasteiger partial charge < -0.3 is 0 Å². The summed E-state index contributed by atoms with van der Waals surface area (Å²) in [7, 11) is 0. The molecule has 0 unspecified atom stereocenters. The maximum absolute atomic E-state index is 12.8. The Balaban J connectivity index is 1.99. The lowest BCUT2D eigenvalue weighted by atomic mass is 10.1. The number of hydrogen-bond acceptors (Lipinski definition) is 4. The lowest BCUT2D eigenvalue weighted by Crippen LogP contribution is -2.54. The molecule has 1 saturated heterocycles. The zero-order valence-electron chi connectivity index (χ0n) is 14.1. The van der Waals surface area contributed by atoms with Gasteiger partial charge in [-0.3, -0.25) is 14.9 Å². The molecule has 3 rings (SSSR count). The minimum atomic E-state index is -0.753. The predicted octanol–water partition coefficient (Wildman–Crippen LogP) is 4.15. The van der Waals surface area contributed by atoms with Gasteiger partial charge in [-0.15, -0.1) is 11.8 Å². The maximum Gasteiger partial charge on any atom is 0.335 e. The lowest BCUT2D eigenvalue weighted by Gasteiger charge is -2.26. The summed E-state index contributed by atoms with van der Waals surface area (Å²) in [6.45, 7) is 1.86. The van der Waals surface area contributed by atoms with Gasteiger partial charge in [-0.25, -0.2) is 9.69 Å². The van der Waals surface area contributed by atoms with E-state index in [1.165, 1.54) is 6.08 Å². The normalized spacial score (nSPS) is 16.2. The van der Waals surface area contributed by atoms with Crippen LogP contribution in [-0.2, 0) is 9.59 Å². The summed E-state index contributed by atoms with van der Waals surface area (Å²) in [5.74, 6) is -1.34. The van der Waals surface area contributed by atoms with E-state index in [1.807, 2.05) is 37.4 Å². The Morgan fingerprint density at radius 3 is 2.38 bits per heavy atom. The third-order valence-electron chi connectivity index (χ3n) is 3.93. The Bertz CT molecular complexity index is 938. The third-order valence-corrected chi connectivity index (χ3v) is 5.56. The highest BCUT2D eigenvalue weighted by atomic mass is 79.9. The zero-order chi connectivity index (χ0) is 18.8. The molecule has 7 heteroatoms. The van der Waals surface area contributed by atoms with E-state index in [-0.39, 0.29) is 5.57 Å². The van der Waals surface area contributed by atoms with Crippen molar-refractivity contribution in [3.63, 3.8) is 0 Å². The highest BCUT2D eigenvalue weighted by Gasteiger charge is 2.36. The topological polar surface area (TPSA) is 66.5 Å². The van der Waals surface area contributed by atoms with Crippen LogP contribution in [0.2, 0.25) is 0 Å². The second-order valence-corrected chi connectivity index (χ2v) is 7.40. The number of aryl methyl sites for hydroxylation is 1. The van der Waals surface area contributed by atoms with Gasteiger partial charge in [0.2, 0.25) is 0 Å². The molecule has 0 aliphatic carbocycles. The number of hydrogen-bond donors (Lipinski definition) is 1. The molecule has 0 atom stereocenters. The first-order valence-corrected chi connectivity index (χ1v) is 9.74. The van der Waals surface area contributed by atoms with Crippen molar-refractivity contribution < 1.29 is 14.4 Å². The number of carbonyl (C=O) groups is 3. The molecular weight excluding hydrogens is 416 g/mol. The van der Waals surface area contributed by atoms with Crippen LogP contribution < -0.4 is 10.2 Å². The van der Waals surface area contributed by atoms with Crippen molar-refractivity contribution in [2.75, 3.05) is 11.2 Å². The van der Waals surface area contributed by atoms with E-state index in [2.05, 4.69) is 21.2 Å². The molecule has 2 aromatic carbocycles. The SMILES string of the molecule is CSc1ccc(/C=C2/C(=O)NC(=O)N(c3ccc(Br)c(C)c3)C2=O)cc1. The van der Waals surface area contributed by atoms with Crippen molar-refractivity contribution in [1.82, 2.24) is 5.32 Å². The number of benzene rings is 2. The highest BCUT2D eigenvalue weighted by molar-refractivity contribution is 9.10. The number of nitrogens with zero attached hydrogens (tertiary/aromatic N) is 1. The first-order chi connectivity index (χ1) is 12.4. The number of rotatable bonds is 3. The van der Waals surface area contributed by atoms with Gasteiger partial charge in [0.1, 0.15) is 5.57 Å². The summed E-state index contributed by atoms with van der Waals surface area (Å²) < 4.78 is 0.867. The third kappa shape index (κ3) is 3.59. The van der Waals surface area contributed by atoms with Crippen LogP contribution in [0, 0.1) is 6.92 Å². The smallest absolute Gasteiger partial charge is 0.273 e. The van der Waals surface area contributed by atoms with Gasteiger partial charge in [-0.2, -0.15) is 0 Å². The van der Waals surface area contributed by atoms with Crippen molar-refractivity contribution in [2.45, 2.75) is 11.8 Å². The number of amides is 4. The first kappa shape index (κ1) is 18.4. The molecule has 26 heavy (non-hydrogen) atoms. The fraction of sp³-hybridized carbons (Fsp3) is 0.105. The molecule has 0 aromatic heterocycles. The molecule has 0 bridgehead atoms. The second-order valence-electron chi connectivity index (χ2n) is 5.66. The lowest BCUT2D eigenvalue weighted by molar-refractivity contribution is -0.122. The minimum absolute atomic E-state index is 0.0814. The highest BCUT2D eigenvalue weighted by Crippen LogP contribution is 2.26. The average Bonchev–Trinajstić information content (AvgIpc) is 2.62. The molecule has 1 N–H and O–H groups in total. The summed E-state index contributed by atoms with van der Waals surface area (Å²) >= 11 is 4.99.